The number of H-pyrrole nitrogens is 1. The summed E-state index contributed by atoms with van der Waals surface area (Å²) < 4.78 is 1.59. The fraction of sp³-hybridized carbons (Fsp3) is 0.0909. The second-order valence-corrected chi connectivity index (χ2v) is 3.85. The number of amides is 1. The summed E-state index contributed by atoms with van der Waals surface area (Å²) in [5, 5.41) is 13.5. The molecular formula is C11H10N6O. The van der Waals surface area contributed by atoms with Gasteiger partial charge in [-0.3, -0.25) is 14.9 Å². The van der Waals surface area contributed by atoms with Crippen molar-refractivity contribution in [1.29, 1.82) is 0 Å². The van der Waals surface area contributed by atoms with E-state index in [4.69, 9.17) is 0 Å². The van der Waals surface area contributed by atoms with Gasteiger partial charge in [0.2, 0.25) is 0 Å². The van der Waals surface area contributed by atoms with E-state index in [1.54, 1.807) is 29.2 Å². The molecule has 0 aliphatic rings. The highest BCUT2D eigenvalue weighted by molar-refractivity contribution is 6.08. The Balaban J connectivity index is 1.92. The first-order valence-corrected chi connectivity index (χ1v) is 5.35. The maximum Gasteiger partial charge on any atom is 0.260 e. The molecule has 0 aliphatic heterocycles. The van der Waals surface area contributed by atoms with Crippen LogP contribution in [0.25, 0.3) is 5.52 Å². The summed E-state index contributed by atoms with van der Waals surface area (Å²) in [5.41, 5.74) is 2.00. The van der Waals surface area contributed by atoms with Crippen molar-refractivity contribution in [2.45, 2.75) is 6.92 Å². The van der Waals surface area contributed by atoms with Crippen LogP contribution in [0.15, 0.2) is 30.9 Å². The van der Waals surface area contributed by atoms with Gasteiger partial charge in [-0.2, -0.15) is 10.2 Å². The Morgan fingerprint density at radius 2 is 2.33 bits per heavy atom. The summed E-state index contributed by atoms with van der Waals surface area (Å²) in [5.74, 6) is 0.227. The zero-order valence-corrected chi connectivity index (χ0v) is 9.58. The van der Waals surface area contributed by atoms with Crippen molar-refractivity contribution < 1.29 is 4.79 Å². The highest BCUT2D eigenvalue weighted by Crippen LogP contribution is 2.11. The van der Waals surface area contributed by atoms with Crippen molar-refractivity contribution in [2.75, 3.05) is 5.32 Å². The van der Waals surface area contributed by atoms with Crippen LogP contribution in [0, 0.1) is 6.92 Å². The van der Waals surface area contributed by atoms with E-state index in [1.165, 1.54) is 6.20 Å². The number of rotatable bonds is 2. The van der Waals surface area contributed by atoms with E-state index in [-0.39, 0.29) is 5.91 Å². The average Bonchev–Trinajstić information content (AvgIpc) is 2.95. The van der Waals surface area contributed by atoms with Crippen LogP contribution in [0.3, 0.4) is 0 Å². The third-order valence-corrected chi connectivity index (χ3v) is 2.52. The van der Waals surface area contributed by atoms with E-state index >= 15 is 0 Å². The van der Waals surface area contributed by atoms with Gasteiger partial charge in [0.25, 0.3) is 5.91 Å². The minimum Gasteiger partial charge on any atom is -0.305 e. The predicted octanol–water partition coefficient (Wildman–Crippen LogP) is 1.01. The van der Waals surface area contributed by atoms with Crippen molar-refractivity contribution in [2.24, 2.45) is 0 Å². The molecule has 18 heavy (non-hydrogen) atoms. The van der Waals surface area contributed by atoms with Crippen molar-refractivity contribution in [3.05, 3.63) is 42.1 Å². The number of nitrogens with one attached hydrogen (secondary N) is 2. The summed E-state index contributed by atoms with van der Waals surface area (Å²) in [6.45, 7) is 1.86. The molecule has 0 bridgehead atoms. The van der Waals surface area contributed by atoms with Gasteiger partial charge in [-0.05, 0) is 6.92 Å². The minimum absolute atomic E-state index is 0.260. The Bertz CT molecular complexity index is 713. The SMILES string of the molecule is Cc1cc(NC(=O)c2cnn3ccncc23)n[nH]1. The zero-order valence-electron chi connectivity index (χ0n) is 9.58. The Morgan fingerprint density at radius 1 is 1.44 bits per heavy atom. The molecule has 90 valence electrons. The van der Waals surface area contributed by atoms with Crippen molar-refractivity contribution in [1.82, 2.24) is 24.8 Å². The van der Waals surface area contributed by atoms with Gasteiger partial charge >= 0.3 is 0 Å². The molecule has 3 aromatic heterocycles. The molecule has 0 radical (unpaired) electrons. The summed E-state index contributed by atoms with van der Waals surface area (Å²) in [6.07, 6.45) is 6.40. The lowest BCUT2D eigenvalue weighted by Crippen LogP contribution is -2.11. The van der Waals surface area contributed by atoms with E-state index < -0.39 is 0 Å². The number of aryl methyl sites for hydroxylation is 1. The molecule has 0 aromatic carbocycles. The standard InChI is InChI=1S/C11H10N6O/c1-7-4-10(16-15-7)14-11(18)8-5-13-17-3-2-12-6-9(8)17/h2-6H,1H3,(H2,14,15,16,18). The number of fused-ring (bicyclic) bond motifs is 1. The van der Waals surface area contributed by atoms with Gasteiger partial charge in [-0.1, -0.05) is 0 Å². The molecule has 1 amide bonds. The highest BCUT2D eigenvalue weighted by Gasteiger charge is 2.13. The third kappa shape index (κ3) is 1.71. The zero-order chi connectivity index (χ0) is 12.5. The second kappa shape index (κ2) is 3.95. The molecule has 0 spiro atoms. The summed E-state index contributed by atoms with van der Waals surface area (Å²) in [6, 6.07) is 1.75. The molecule has 3 heterocycles. The number of carbonyl (C=O) groups excluding carboxylic acids is 1. The van der Waals surface area contributed by atoms with Gasteiger partial charge in [0.15, 0.2) is 5.82 Å². The topological polar surface area (TPSA) is 88.0 Å². The summed E-state index contributed by atoms with van der Waals surface area (Å²) >= 11 is 0. The number of nitrogens with zero attached hydrogens (tertiary/aromatic N) is 4. The Morgan fingerprint density at radius 3 is 3.11 bits per heavy atom. The highest BCUT2D eigenvalue weighted by atomic mass is 16.1. The first-order valence-electron chi connectivity index (χ1n) is 5.35. The third-order valence-electron chi connectivity index (χ3n) is 2.52. The Hall–Kier alpha value is -2.70. The molecule has 0 saturated carbocycles. The minimum atomic E-state index is -0.260. The molecule has 2 N–H and O–H groups in total. The molecule has 3 aromatic rings. The van der Waals surface area contributed by atoms with Crippen LogP contribution >= 0.6 is 0 Å². The number of aromatic amines is 1. The van der Waals surface area contributed by atoms with Gasteiger partial charge in [0.05, 0.1) is 23.5 Å². The van der Waals surface area contributed by atoms with Crippen molar-refractivity contribution >= 4 is 17.2 Å². The molecule has 0 saturated heterocycles. The maximum absolute atomic E-state index is 12.1. The van der Waals surface area contributed by atoms with Crippen LogP contribution in [0.4, 0.5) is 5.82 Å². The fourth-order valence-corrected chi connectivity index (χ4v) is 1.68. The lowest BCUT2D eigenvalue weighted by molar-refractivity contribution is 0.102. The van der Waals surface area contributed by atoms with E-state index in [1.807, 2.05) is 6.92 Å². The van der Waals surface area contributed by atoms with E-state index in [2.05, 4.69) is 25.6 Å². The van der Waals surface area contributed by atoms with Crippen LogP contribution in [0.1, 0.15) is 16.1 Å². The summed E-state index contributed by atoms with van der Waals surface area (Å²) in [7, 11) is 0. The molecule has 7 nitrogen and oxygen atoms in total. The Labute approximate surface area is 102 Å². The monoisotopic (exact) mass is 242 g/mol. The molecular weight excluding hydrogens is 232 g/mol. The molecule has 0 aliphatic carbocycles. The normalized spacial score (nSPS) is 10.7. The van der Waals surface area contributed by atoms with Crippen LogP contribution in [0.2, 0.25) is 0 Å². The van der Waals surface area contributed by atoms with Crippen LogP contribution < -0.4 is 5.32 Å². The van der Waals surface area contributed by atoms with Gasteiger partial charge in [0.1, 0.15) is 0 Å². The number of aromatic nitrogens is 5. The van der Waals surface area contributed by atoms with Gasteiger partial charge in [-0.15, -0.1) is 0 Å². The van der Waals surface area contributed by atoms with Crippen LogP contribution in [-0.2, 0) is 0 Å². The smallest absolute Gasteiger partial charge is 0.260 e. The number of hydrogen-bond acceptors (Lipinski definition) is 4. The van der Waals surface area contributed by atoms with Crippen LogP contribution in [-0.4, -0.2) is 30.7 Å². The summed E-state index contributed by atoms with van der Waals surface area (Å²) in [4.78, 5) is 16.0. The van der Waals surface area contributed by atoms with E-state index in [9.17, 15) is 4.79 Å². The Kier molecular flexibility index (Phi) is 2.30. The van der Waals surface area contributed by atoms with Crippen molar-refractivity contribution in [3.63, 3.8) is 0 Å². The lowest BCUT2D eigenvalue weighted by atomic mass is 10.3. The first kappa shape index (κ1) is 10.5. The lowest BCUT2D eigenvalue weighted by Gasteiger charge is -1.99. The average molecular weight is 242 g/mol. The number of anilines is 1. The number of carbonyl (C=O) groups is 1. The predicted molar refractivity (Wildman–Crippen MR) is 64.3 cm³/mol. The van der Waals surface area contributed by atoms with Gasteiger partial charge < -0.3 is 5.32 Å². The molecule has 0 unspecified atom stereocenters. The molecule has 0 atom stereocenters. The molecule has 3 rings (SSSR count). The largest absolute Gasteiger partial charge is 0.305 e. The van der Waals surface area contributed by atoms with Crippen molar-refractivity contribution in [3.8, 4) is 0 Å². The van der Waals surface area contributed by atoms with Gasteiger partial charge in [0, 0.05) is 24.2 Å². The van der Waals surface area contributed by atoms with E-state index in [0.29, 0.717) is 16.9 Å². The first-order chi connectivity index (χ1) is 8.74. The fourth-order valence-electron chi connectivity index (χ4n) is 1.68. The quantitative estimate of drug-likeness (QED) is 0.702. The maximum atomic E-state index is 12.1. The number of hydrogen-bond donors (Lipinski definition) is 2. The van der Waals surface area contributed by atoms with Gasteiger partial charge in [-0.25, -0.2) is 4.52 Å². The van der Waals surface area contributed by atoms with Crippen LogP contribution in [0.5, 0.6) is 0 Å². The molecule has 0 fully saturated rings. The second-order valence-electron chi connectivity index (χ2n) is 3.85. The van der Waals surface area contributed by atoms with E-state index in [0.717, 1.165) is 5.69 Å². The molecule has 7 heteroatoms.